The summed E-state index contributed by atoms with van der Waals surface area (Å²) < 4.78 is 1.32. The van der Waals surface area contributed by atoms with E-state index in [1.54, 1.807) is 0 Å². The van der Waals surface area contributed by atoms with Crippen molar-refractivity contribution in [2.45, 2.75) is 85.5 Å². The third-order valence-electron chi connectivity index (χ3n) is 3.90. The average Bonchev–Trinajstić information content (AvgIpc) is 2.47. The Bertz CT molecular complexity index is 207. The van der Waals surface area contributed by atoms with Gasteiger partial charge in [0.2, 0.25) is 0 Å². The van der Waals surface area contributed by atoms with Gasteiger partial charge in [-0.2, -0.15) is 0 Å². The lowest BCUT2D eigenvalue weighted by atomic mass is 10.2. The van der Waals surface area contributed by atoms with E-state index in [9.17, 15) is 4.79 Å². The minimum absolute atomic E-state index is 0.316. The number of hydrogen-bond acceptors (Lipinski definition) is 1. The Morgan fingerprint density at radius 3 is 1.29 bits per heavy atom. The zero-order valence-corrected chi connectivity index (χ0v) is 15.3. The zero-order valence-electron chi connectivity index (χ0n) is 15.3. The molecule has 0 aromatic carbocycles. The van der Waals surface area contributed by atoms with Gasteiger partial charge in [0, 0.05) is 6.42 Å². The lowest BCUT2D eigenvalue weighted by Gasteiger charge is -2.34. The predicted octanol–water partition coefficient (Wildman–Crippen LogP) is 5.09. The maximum Gasteiger partial charge on any atom is 0.303 e. The summed E-state index contributed by atoms with van der Waals surface area (Å²) in [5.74, 6) is -0.693. The molecule has 0 spiro atoms. The molecule has 0 atom stereocenters. The number of hydrogen-bond donors (Lipinski definition) is 1. The standard InChI is InChI=1S/C13H30N.C5H10O2/c1-5-8-11-14(4,12-9-6-2)13-10-7-3;1-2-3-4-5(6)7/h5-13H2,1-4H3;2-4H2,1H3,(H,6,7)/q+1;. The second-order valence-electron chi connectivity index (χ2n) is 6.35. The van der Waals surface area contributed by atoms with Crippen molar-refractivity contribution in [3.05, 3.63) is 0 Å². The molecular weight excluding hydrogens is 262 g/mol. The molecule has 0 aliphatic heterocycles. The van der Waals surface area contributed by atoms with Gasteiger partial charge in [-0.05, 0) is 25.7 Å². The van der Waals surface area contributed by atoms with Crippen LogP contribution in [-0.4, -0.2) is 42.2 Å². The Balaban J connectivity index is 0. The Hall–Kier alpha value is -0.570. The van der Waals surface area contributed by atoms with Crippen LogP contribution in [0.25, 0.3) is 0 Å². The van der Waals surface area contributed by atoms with Gasteiger partial charge in [0.05, 0.1) is 26.7 Å². The van der Waals surface area contributed by atoms with E-state index in [1.165, 1.54) is 62.6 Å². The van der Waals surface area contributed by atoms with E-state index in [0.717, 1.165) is 12.8 Å². The van der Waals surface area contributed by atoms with Crippen LogP contribution < -0.4 is 0 Å². The molecule has 3 nitrogen and oxygen atoms in total. The second-order valence-corrected chi connectivity index (χ2v) is 6.35. The molecule has 0 rings (SSSR count). The summed E-state index contributed by atoms with van der Waals surface area (Å²) in [6.07, 6.45) is 10.3. The molecule has 0 unspecified atom stereocenters. The highest BCUT2D eigenvalue weighted by Gasteiger charge is 2.18. The Morgan fingerprint density at radius 1 is 0.762 bits per heavy atom. The predicted molar refractivity (Wildman–Crippen MR) is 92.7 cm³/mol. The fourth-order valence-electron chi connectivity index (χ4n) is 2.28. The molecule has 0 aromatic rings. The second kappa shape index (κ2) is 15.8. The molecular formula is C18H40NO2+. The third kappa shape index (κ3) is 17.4. The lowest BCUT2D eigenvalue weighted by Crippen LogP contribution is -2.46. The van der Waals surface area contributed by atoms with E-state index in [-0.39, 0.29) is 0 Å². The first-order chi connectivity index (χ1) is 9.95. The number of rotatable bonds is 12. The van der Waals surface area contributed by atoms with Gasteiger partial charge in [0.15, 0.2) is 0 Å². The quantitative estimate of drug-likeness (QED) is 0.510. The van der Waals surface area contributed by atoms with Crippen LogP contribution in [0, 0.1) is 0 Å². The fourth-order valence-corrected chi connectivity index (χ4v) is 2.28. The SMILES string of the molecule is CCCCC(=O)O.CCCC[N+](C)(CCCC)CCCC. The smallest absolute Gasteiger partial charge is 0.303 e. The lowest BCUT2D eigenvalue weighted by molar-refractivity contribution is -0.910. The van der Waals surface area contributed by atoms with Crippen LogP contribution in [0.15, 0.2) is 0 Å². The van der Waals surface area contributed by atoms with Crippen molar-refractivity contribution in [1.82, 2.24) is 0 Å². The minimum atomic E-state index is -0.693. The van der Waals surface area contributed by atoms with E-state index < -0.39 is 5.97 Å². The molecule has 0 fully saturated rings. The van der Waals surface area contributed by atoms with E-state index in [4.69, 9.17) is 5.11 Å². The van der Waals surface area contributed by atoms with Gasteiger partial charge in [-0.15, -0.1) is 0 Å². The molecule has 0 saturated heterocycles. The van der Waals surface area contributed by atoms with Gasteiger partial charge in [-0.3, -0.25) is 4.79 Å². The fraction of sp³-hybridized carbons (Fsp3) is 0.944. The number of carboxylic acids is 1. The molecule has 0 aromatic heterocycles. The molecule has 0 saturated carbocycles. The maximum absolute atomic E-state index is 9.76. The van der Waals surface area contributed by atoms with Crippen molar-refractivity contribution in [2.24, 2.45) is 0 Å². The summed E-state index contributed by atoms with van der Waals surface area (Å²) in [5.41, 5.74) is 0. The molecule has 128 valence electrons. The number of carbonyl (C=O) groups is 1. The summed E-state index contributed by atoms with van der Waals surface area (Å²) in [6.45, 7) is 13.0. The molecule has 21 heavy (non-hydrogen) atoms. The van der Waals surface area contributed by atoms with Crippen molar-refractivity contribution in [1.29, 1.82) is 0 Å². The van der Waals surface area contributed by atoms with Gasteiger partial charge < -0.3 is 9.59 Å². The van der Waals surface area contributed by atoms with Crippen LogP contribution in [0.4, 0.5) is 0 Å². The van der Waals surface area contributed by atoms with Crippen molar-refractivity contribution < 1.29 is 14.4 Å². The van der Waals surface area contributed by atoms with Crippen molar-refractivity contribution in [2.75, 3.05) is 26.7 Å². The van der Waals surface area contributed by atoms with Gasteiger partial charge in [0.25, 0.3) is 0 Å². The van der Waals surface area contributed by atoms with E-state index in [1.807, 2.05) is 6.92 Å². The first-order valence-corrected chi connectivity index (χ1v) is 9.01. The summed E-state index contributed by atoms with van der Waals surface area (Å²) in [4.78, 5) is 9.76. The van der Waals surface area contributed by atoms with Crippen molar-refractivity contribution in [3.8, 4) is 0 Å². The minimum Gasteiger partial charge on any atom is -0.481 e. The topological polar surface area (TPSA) is 37.3 Å². The highest BCUT2D eigenvalue weighted by molar-refractivity contribution is 5.66. The van der Waals surface area contributed by atoms with Gasteiger partial charge in [0.1, 0.15) is 0 Å². The third-order valence-corrected chi connectivity index (χ3v) is 3.90. The van der Waals surface area contributed by atoms with E-state index >= 15 is 0 Å². The van der Waals surface area contributed by atoms with E-state index in [0.29, 0.717) is 6.42 Å². The Labute approximate surface area is 133 Å². The summed E-state index contributed by atoms with van der Waals surface area (Å²) in [6, 6.07) is 0. The number of carboxylic acid groups (broad SMARTS) is 1. The largest absolute Gasteiger partial charge is 0.481 e. The normalized spacial score (nSPS) is 10.9. The van der Waals surface area contributed by atoms with Crippen LogP contribution in [-0.2, 0) is 4.79 Å². The molecule has 0 radical (unpaired) electrons. The Kier molecular flexibility index (Phi) is 17.1. The first-order valence-electron chi connectivity index (χ1n) is 9.01. The monoisotopic (exact) mass is 302 g/mol. The van der Waals surface area contributed by atoms with Gasteiger partial charge in [-0.25, -0.2) is 0 Å². The first kappa shape index (κ1) is 22.7. The summed E-state index contributed by atoms with van der Waals surface area (Å²) in [5, 5.41) is 8.04. The van der Waals surface area contributed by atoms with Gasteiger partial charge in [-0.1, -0.05) is 53.4 Å². The van der Waals surface area contributed by atoms with Crippen LogP contribution in [0.1, 0.15) is 85.5 Å². The number of quaternary nitrogens is 1. The summed E-state index contributed by atoms with van der Waals surface area (Å²) in [7, 11) is 2.45. The molecule has 0 heterocycles. The molecule has 0 aliphatic carbocycles. The van der Waals surface area contributed by atoms with Crippen molar-refractivity contribution >= 4 is 5.97 Å². The van der Waals surface area contributed by atoms with Crippen LogP contribution in [0.3, 0.4) is 0 Å². The highest BCUT2D eigenvalue weighted by atomic mass is 16.4. The number of aliphatic carboxylic acids is 1. The van der Waals surface area contributed by atoms with Crippen molar-refractivity contribution in [3.63, 3.8) is 0 Å². The van der Waals surface area contributed by atoms with Crippen LogP contribution in [0.5, 0.6) is 0 Å². The number of nitrogens with zero attached hydrogens (tertiary/aromatic N) is 1. The van der Waals surface area contributed by atoms with Crippen LogP contribution in [0.2, 0.25) is 0 Å². The molecule has 0 bridgehead atoms. The molecule has 1 N–H and O–H groups in total. The average molecular weight is 303 g/mol. The summed E-state index contributed by atoms with van der Waals surface area (Å²) >= 11 is 0. The molecule has 0 amide bonds. The Morgan fingerprint density at radius 2 is 1.10 bits per heavy atom. The van der Waals surface area contributed by atoms with E-state index in [2.05, 4.69) is 27.8 Å². The maximum atomic E-state index is 9.76. The molecule has 0 aliphatic rings. The number of unbranched alkanes of at least 4 members (excludes halogenated alkanes) is 4. The molecule has 3 heteroatoms. The van der Waals surface area contributed by atoms with Gasteiger partial charge >= 0.3 is 5.97 Å². The highest BCUT2D eigenvalue weighted by Crippen LogP contribution is 2.10. The van der Waals surface area contributed by atoms with Crippen LogP contribution >= 0.6 is 0 Å². The zero-order chi connectivity index (χ0) is 16.6.